The molecule has 0 atom stereocenters. The molecule has 0 heterocycles. The van der Waals surface area contributed by atoms with Gasteiger partial charge in [-0.15, -0.1) is 5.06 Å². The molecule has 11 heteroatoms. The van der Waals surface area contributed by atoms with Crippen molar-refractivity contribution in [3.05, 3.63) is 34.4 Å². The fourth-order valence-electron chi connectivity index (χ4n) is 1.07. The second-order valence-electron chi connectivity index (χ2n) is 3.28. The minimum absolute atomic E-state index is 0.125. The summed E-state index contributed by atoms with van der Waals surface area (Å²) in [5.74, 6) is -2.66. The number of nitrogens with zero attached hydrogens (tertiary/aromatic N) is 2. The van der Waals surface area contributed by atoms with Gasteiger partial charge in [0.1, 0.15) is 0 Å². The van der Waals surface area contributed by atoms with E-state index in [2.05, 4.69) is 4.84 Å². The molecule has 0 radical (unpaired) electrons. The summed E-state index contributed by atoms with van der Waals surface area (Å²) in [4.78, 5) is 35.0. The summed E-state index contributed by atoms with van der Waals surface area (Å²) < 4.78 is 36.0. The third-order valence-corrected chi connectivity index (χ3v) is 1.90. The van der Waals surface area contributed by atoms with Crippen molar-refractivity contribution in [1.29, 1.82) is 0 Å². The number of nitro groups is 1. The van der Waals surface area contributed by atoms with Gasteiger partial charge < -0.3 is 10.6 Å². The molecule has 0 unspecified atom stereocenters. The fourth-order valence-corrected chi connectivity index (χ4v) is 1.07. The number of urea groups is 1. The van der Waals surface area contributed by atoms with E-state index in [4.69, 9.17) is 5.73 Å². The van der Waals surface area contributed by atoms with E-state index >= 15 is 0 Å². The molecule has 2 amide bonds. The van der Waals surface area contributed by atoms with E-state index < -0.39 is 23.1 Å². The Morgan fingerprint density at radius 2 is 1.75 bits per heavy atom. The van der Waals surface area contributed by atoms with Gasteiger partial charge in [-0.3, -0.25) is 10.1 Å². The van der Waals surface area contributed by atoms with Crippen LogP contribution >= 0.6 is 0 Å². The second-order valence-corrected chi connectivity index (χ2v) is 3.28. The van der Waals surface area contributed by atoms with Crippen LogP contribution in [0, 0.1) is 10.1 Å². The number of nitrogens with two attached hydrogens (primary N) is 1. The SMILES string of the molecule is NC(=O)N(OC(=O)C(F)(F)F)c1ccc([N+](=O)[O-])cc1. The lowest BCUT2D eigenvalue weighted by Crippen LogP contribution is -2.41. The van der Waals surface area contributed by atoms with E-state index in [-0.39, 0.29) is 16.4 Å². The lowest BCUT2D eigenvalue weighted by Gasteiger charge is -2.19. The Labute approximate surface area is 108 Å². The van der Waals surface area contributed by atoms with E-state index in [1.54, 1.807) is 0 Å². The van der Waals surface area contributed by atoms with Crippen LogP contribution in [0.3, 0.4) is 0 Å². The topological polar surface area (TPSA) is 116 Å². The Morgan fingerprint density at radius 1 is 1.25 bits per heavy atom. The molecule has 0 saturated carbocycles. The zero-order valence-corrected chi connectivity index (χ0v) is 9.46. The average Bonchev–Trinajstić information content (AvgIpc) is 2.34. The smallest absolute Gasteiger partial charge is 0.349 e. The normalized spacial score (nSPS) is 10.8. The van der Waals surface area contributed by atoms with Crippen LogP contribution in [0.2, 0.25) is 0 Å². The maximum absolute atomic E-state index is 12.0. The molecule has 0 fully saturated rings. The highest BCUT2D eigenvalue weighted by molar-refractivity contribution is 5.91. The summed E-state index contributed by atoms with van der Waals surface area (Å²) in [7, 11) is 0. The highest BCUT2D eigenvalue weighted by Gasteiger charge is 2.43. The molecule has 0 aliphatic rings. The van der Waals surface area contributed by atoms with Gasteiger partial charge in [-0.05, 0) is 12.1 Å². The molecular weight excluding hydrogens is 287 g/mol. The minimum Gasteiger partial charge on any atom is -0.349 e. The predicted octanol–water partition coefficient (Wildman–Crippen LogP) is 1.50. The van der Waals surface area contributed by atoms with Gasteiger partial charge in [0.15, 0.2) is 0 Å². The number of anilines is 1. The van der Waals surface area contributed by atoms with Gasteiger partial charge in [0.2, 0.25) is 0 Å². The predicted molar refractivity (Wildman–Crippen MR) is 57.3 cm³/mol. The third kappa shape index (κ3) is 3.57. The van der Waals surface area contributed by atoms with Crippen molar-refractivity contribution in [2.45, 2.75) is 6.18 Å². The summed E-state index contributed by atoms with van der Waals surface area (Å²) in [5.41, 5.74) is 4.02. The number of hydrogen-bond donors (Lipinski definition) is 1. The molecule has 1 rings (SSSR count). The fraction of sp³-hybridized carbons (Fsp3) is 0.111. The summed E-state index contributed by atoms with van der Waals surface area (Å²) >= 11 is 0. The Kier molecular flexibility index (Phi) is 4.12. The molecule has 0 spiro atoms. The minimum atomic E-state index is -5.32. The monoisotopic (exact) mass is 293 g/mol. The number of nitro benzene ring substituents is 1. The Hall–Kier alpha value is -2.85. The molecule has 1 aromatic carbocycles. The lowest BCUT2D eigenvalue weighted by molar-refractivity contribution is -0.384. The lowest BCUT2D eigenvalue weighted by atomic mass is 10.3. The first-order chi connectivity index (χ1) is 9.12. The van der Waals surface area contributed by atoms with Gasteiger partial charge in [-0.2, -0.15) is 13.2 Å². The highest BCUT2D eigenvalue weighted by atomic mass is 19.4. The maximum atomic E-state index is 12.0. The molecular formula is C9H6F3N3O5. The molecule has 1 aromatic rings. The second kappa shape index (κ2) is 5.42. The Balaban J connectivity index is 3.00. The van der Waals surface area contributed by atoms with Crippen LogP contribution < -0.4 is 10.8 Å². The standard InChI is InChI=1S/C9H6F3N3O5/c10-9(11,12)7(16)20-14(8(13)17)5-1-3-6(4-2-5)15(18)19/h1-4H,(H2,13,17). The zero-order chi connectivity index (χ0) is 15.5. The highest BCUT2D eigenvalue weighted by Crippen LogP contribution is 2.23. The molecule has 2 N–H and O–H groups in total. The number of carbonyl (C=O) groups excluding carboxylic acids is 2. The zero-order valence-electron chi connectivity index (χ0n) is 9.46. The molecule has 108 valence electrons. The van der Waals surface area contributed by atoms with Crippen molar-refractivity contribution in [3.63, 3.8) is 0 Å². The molecule has 0 aliphatic carbocycles. The van der Waals surface area contributed by atoms with Gasteiger partial charge in [-0.25, -0.2) is 9.59 Å². The van der Waals surface area contributed by atoms with Crippen molar-refractivity contribution < 1.29 is 32.5 Å². The number of hydrogen-bond acceptors (Lipinski definition) is 5. The Morgan fingerprint density at radius 3 is 2.10 bits per heavy atom. The van der Waals surface area contributed by atoms with Crippen molar-refractivity contribution in [2.75, 3.05) is 5.06 Å². The third-order valence-electron chi connectivity index (χ3n) is 1.90. The summed E-state index contributed by atoms with van der Waals surface area (Å²) in [6, 6.07) is 2.08. The van der Waals surface area contributed by atoms with Crippen LogP contribution in [-0.2, 0) is 9.63 Å². The number of benzene rings is 1. The summed E-state index contributed by atoms with van der Waals surface area (Å²) in [6.45, 7) is 0. The van der Waals surface area contributed by atoms with E-state index in [0.717, 1.165) is 24.3 Å². The van der Waals surface area contributed by atoms with Crippen LogP contribution in [0.4, 0.5) is 29.3 Å². The van der Waals surface area contributed by atoms with Crippen LogP contribution in [0.25, 0.3) is 0 Å². The number of hydroxylamine groups is 1. The van der Waals surface area contributed by atoms with E-state index in [0.29, 0.717) is 0 Å². The van der Waals surface area contributed by atoms with Gasteiger partial charge >= 0.3 is 18.2 Å². The first kappa shape index (κ1) is 15.2. The number of primary amides is 1. The average molecular weight is 293 g/mol. The van der Waals surface area contributed by atoms with Crippen LogP contribution in [0.5, 0.6) is 0 Å². The number of amides is 2. The molecule has 0 aliphatic heterocycles. The Bertz CT molecular complexity index is 543. The number of rotatable bonds is 2. The van der Waals surface area contributed by atoms with Crippen molar-refractivity contribution in [1.82, 2.24) is 0 Å². The number of carbonyl (C=O) groups is 2. The number of alkyl halides is 3. The number of halogens is 3. The van der Waals surface area contributed by atoms with Gasteiger partial charge in [0, 0.05) is 12.1 Å². The molecule has 8 nitrogen and oxygen atoms in total. The summed E-state index contributed by atoms with van der Waals surface area (Å²) in [5, 5.41) is 10.3. The van der Waals surface area contributed by atoms with Gasteiger partial charge in [0.25, 0.3) is 5.69 Å². The first-order valence-electron chi connectivity index (χ1n) is 4.76. The van der Waals surface area contributed by atoms with Crippen molar-refractivity contribution in [2.24, 2.45) is 5.73 Å². The van der Waals surface area contributed by atoms with E-state index in [9.17, 15) is 32.9 Å². The molecule has 0 saturated heterocycles. The van der Waals surface area contributed by atoms with Crippen LogP contribution in [-0.4, -0.2) is 23.1 Å². The number of non-ortho nitro benzene ring substituents is 1. The van der Waals surface area contributed by atoms with Crippen molar-refractivity contribution >= 4 is 23.4 Å². The largest absolute Gasteiger partial charge is 0.493 e. The molecule has 20 heavy (non-hydrogen) atoms. The summed E-state index contributed by atoms with van der Waals surface area (Å²) in [6.07, 6.45) is -5.32. The molecule has 0 bridgehead atoms. The molecule has 0 aromatic heterocycles. The van der Waals surface area contributed by atoms with E-state index in [1.807, 2.05) is 0 Å². The van der Waals surface area contributed by atoms with Crippen LogP contribution in [0.1, 0.15) is 0 Å². The van der Waals surface area contributed by atoms with Gasteiger partial charge in [0.05, 0.1) is 10.6 Å². The van der Waals surface area contributed by atoms with Crippen molar-refractivity contribution in [3.8, 4) is 0 Å². The maximum Gasteiger partial charge on any atom is 0.493 e. The van der Waals surface area contributed by atoms with Gasteiger partial charge in [-0.1, -0.05) is 0 Å². The van der Waals surface area contributed by atoms with E-state index in [1.165, 1.54) is 0 Å². The first-order valence-corrected chi connectivity index (χ1v) is 4.76. The quantitative estimate of drug-likeness (QED) is 0.655. The van der Waals surface area contributed by atoms with Crippen LogP contribution in [0.15, 0.2) is 24.3 Å².